The summed E-state index contributed by atoms with van der Waals surface area (Å²) in [6.07, 6.45) is 5.61. The number of para-hydroxylation sites is 1. The molecule has 4 rings (SSSR count). The lowest BCUT2D eigenvalue weighted by Gasteiger charge is -2.02. The average molecular weight is 366 g/mol. The van der Waals surface area contributed by atoms with E-state index >= 15 is 0 Å². The van der Waals surface area contributed by atoms with Gasteiger partial charge in [-0.05, 0) is 35.4 Å². The van der Waals surface area contributed by atoms with Gasteiger partial charge in [0.05, 0.1) is 17.0 Å². The van der Waals surface area contributed by atoms with Crippen LogP contribution in [0.3, 0.4) is 0 Å². The van der Waals surface area contributed by atoms with Crippen molar-refractivity contribution in [3.8, 4) is 0 Å². The van der Waals surface area contributed by atoms with E-state index < -0.39 is 0 Å². The number of hydrogen-bond acceptors (Lipinski definition) is 4. The molecule has 0 saturated carbocycles. The van der Waals surface area contributed by atoms with Crippen LogP contribution in [0.2, 0.25) is 5.02 Å². The molecule has 2 aromatic heterocycles. The lowest BCUT2D eigenvalue weighted by molar-refractivity contribution is 0.497. The first-order valence-electron chi connectivity index (χ1n) is 7.97. The van der Waals surface area contributed by atoms with Crippen LogP contribution >= 0.6 is 11.6 Å². The van der Waals surface area contributed by atoms with Gasteiger partial charge in [0.2, 0.25) is 11.8 Å². The highest BCUT2D eigenvalue weighted by Crippen LogP contribution is 2.21. The van der Waals surface area contributed by atoms with E-state index in [0.717, 1.165) is 16.5 Å². The zero-order chi connectivity index (χ0) is 17.9. The first kappa shape index (κ1) is 16.4. The molecule has 6 heteroatoms. The summed E-state index contributed by atoms with van der Waals surface area (Å²) in [5.74, 6) is 0.470. The molecule has 0 aliphatic carbocycles. The van der Waals surface area contributed by atoms with Crippen molar-refractivity contribution in [1.29, 1.82) is 0 Å². The highest BCUT2D eigenvalue weighted by Gasteiger charge is 2.09. The smallest absolute Gasteiger partial charge is 0.240 e. The molecule has 0 spiro atoms. The Hall–Kier alpha value is -3.05. The van der Waals surface area contributed by atoms with Gasteiger partial charge in [-0.3, -0.25) is 4.98 Å². The molecule has 2 aromatic carbocycles. The molecule has 26 heavy (non-hydrogen) atoms. The summed E-state index contributed by atoms with van der Waals surface area (Å²) in [5.41, 5.74) is 2.61. The van der Waals surface area contributed by atoms with Gasteiger partial charge in [0.1, 0.15) is 5.82 Å². The molecule has 4 nitrogen and oxygen atoms in total. The number of halogens is 2. The lowest BCUT2D eigenvalue weighted by Crippen LogP contribution is -1.91. The number of nitrogens with zero attached hydrogens (tertiary/aromatic N) is 3. The minimum absolute atomic E-state index is 0.322. The van der Waals surface area contributed by atoms with Gasteiger partial charge in [0, 0.05) is 17.7 Å². The van der Waals surface area contributed by atoms with E-state index in [1.807, 2.05) is 30.3 Å². The van der Waals surface area contributed by atoms with E-state index in [1.165, 1.54) is 12.1 Å². The topological polar surface area (TPSA) is 51.8 Å². The molecule has 4 aromatic rings. The lowest BCUT2D eigenvalue weighted by atomic mass is 10.1. The van der Waals surface area contributed by atoms with Gasteiger partial charge in [0.15, 0.2) is 0 Å². The Bertz CT molecular complexity index is 1100. The Labute approximate surface area is 154 Å². The van der Waals surface area contributed by atoms with Gasteiger partial charge >= 0.3 is 0 Å². The molecule has 0 aliphatic rings. The highest BCUT2D eigenvalue weighted by molar-refractivity contribution is 6.32. The van der Waals surface area contributed by atoms with Crippen molar-refractivity contribution in [2.45, 2.75) is 6.42 Å². The van der Waals surface area contributed by atoms with Crippen molar-refractivity contribution in [3.05, 3.63) is 88.5 Å². The van der Waals surface area contributed by atoms with E-state index in [-0.39, 0.29) is 5.82 Å². The van der Waals surface area contributed by atoms with E-state index in [1.54, 1.807) is 24.4 Å². The maximum Gasteiger partial charge on any atom is 0.240 e. The van der Waals surface area contributed by atoms with E-state index in [4.69, 9.17) is 16.0 Å². The highest BCUT2D eigenvalue weighted by atomic mass is 35.5. The number of fused-ring (bicyclic) bond motifs is 1. The van der Waals surface area contributed by atoms with Crippen molar-refractivity contribution in [2.24, 2.45) is 0 Å². The van der Waals surface area contributed by atoms with Crippen molar-refractivity contribution in [2.75, 3.05) is 0 Å². The fourth-order valence-electron chi connectivity index (χ4n) is 2.68. The average Bonchev–Trinajstić information content (AvgIpc) is 3.09. The van der Waals surface area contributed by atoms with Gasteiger partial charge < -0.3 is 4.42 Å². The summed E-state index contributed by atoms with van der Waals surface area (Å²) in [6.45, 7) is 0. The van der Waals surface area contributed by atoms with Crippen LogP contribution in [0.1, 0.15) is 22.9 Å². The van der Waals surface area contributed by atoms with Crippen LogP contribution in [0.15, 0.2) is 59.1 Å². The van der Waals surface area contributed by atoms with Gasteiger partial charge in [0.25, 0.3) is 0 Å². The molecule has 128 valence electrons. The minimum Gasteiger partial charge on any atom is -0.421 e. The first-order valence-corrected chi connectivity index (χ1v) is 8.35. The molecule has 2 heterocycles. The minimum atomic E-state index is -0.379. The number of aromatic nitrogens is 3. The molecule has 0 atom stereocenters. The zero-order valence-electron chi connectivity index (χ0n) is 13.6. The number of rotatable bonds is 4. The van der Waals surface area contributed by atoms with E-state index in [9.17, 15) is 4.39 Å². The van der Waals surface area contributed by atoms with Gasteiger partial charge in [-0.1, -0.05) is 41.9 Å². The second-order valence-electron chi connectivity index (χ2n) is 5.70. The third-order valence-corrected chi connectivity index (χ3v) is 4.24. The second-order valence-corrected chi connectivity index (χ2v) is 6.11. The van der Waals surface area contributed by atoms with Gasteiger partial charge in [-0.15, -0.1) is 10.2 Å². The summed E-state index contributed by atoms with van der Waals surface area (Å²) >= 11 is 6.00. The van der Waals surface area contributed by atoms with Gasteiger partial charge in [-0.25, -0.2) is 4.39 Å². The van der Waals surface area contributed by atoms with Gasteiger partial charge in [-0.2, -0.15) is 0 Å². The summed E-state index contributed by atoms with van der Waals surface area (Å²) in [6, 6.07) is 14.1. The summed E-state index contributed by atoms with van der Waals surface area (Å²) in [5, 5.41) is 9.48. The molecule has 0 amide bonds. The molecule has 0 saturated heterocycles. The third kappa shape index (κ3) is 3.48. The number of pyridine rings is 1. The normalized spacial score (nSPS) is 11.5. The molecule has 0 radical (unpaired) electrons. The van der Waals surface area contributed by atoms with Crippen LogP contribution in [-0.2, 0) is 6.42 Å². The molecule has 0 N–H and O–H groups in total. The monoisotopic (exact) mass is 365 g/mol. The van der Waals surface area contributed by atoms with Crippen LogP contribution in [-0.4, -0.2) is 15.2 Å². The summed E-state index contributed by atoms with van der Waals surface area (Å²) < 4.78 is 18.7. The maximum absolute atomic E-state index is 13.1. The summed E-state index contributed by atoms with van der Waals surface area (Å²) in [4.78, 5) is 4.43. The Morgan fingerprint density at radius 1 is 1.04 bits per heavy atom. The fraction of sp³-hybridized carbons (Fsp3) is 0.0500. The quantitative estimate of drug-likeness (QED) is 0.500. The molecule has 0 aliphatic heterocycles. The Kier molecular flexibility index (Phi) is 4.46. The van der Waals surface area contributed by atoms with Crippen molar-refractivity contribution in [1.82, 2.24) is 15.2 Å². The molecular weight excluding hydrogens is 353 g/mol. The van der Waals surface area contributed by atoms with Crippen LogP contribution in [0, 0.1) is 5.82 Å². The number of benzene rings is 2. The second kappa shape index (κ2) is 7.06. The Morgan fingerprint density at radius 2 is 1.92 bits per heavy atom. The Morgan fingerprint density at radius 3 is 2.81 bits per heavy atom. The van der Waals surface area contributed by atoms with Crippen LogP contribution in [0.5, 0.6) is 0 Å². The SMILES string of the molecule is Fc1ccc(C=Cc2nnc(Cc3cccc4cccnc34)o2)c(Cl)c1. The fourth-order valence-corrected chi connectivity index (χ4v) is 2.91. The largest absolute Gasteiger partial charge is 0.421 e. The molecular formula is C20H13ClFN3O. The van der Waals surface area contributed by atoms with Crippen molar-refractivity contribution in [3.63, 3.8) is 0 Å². The first-order chi connectivity index (χ1) is 12.7. The molecule has 0 bridgehead atoms. The summed E-state index contributed by atoms with van der Waals surface area (Å²) in [7, 11) is 0. The van der Waals surface area contributed by atoms with E-state index in [0.29, 0.717) is 28.8 Å². The Balaban J connectivity index is 1.55. The van der Waals surface area contributed by atoms with Crippen LogP contribution in [0.25, 0.3) is 23.1 Å². The predicted molar refractivity (Wildman–Crippen MR) is 99.2 cm³/mol. The third-order valence-electron chi connectivity index (χ3n) is 3.91. The molecule has 0 unspecified atom stereocenters. The van der Waals surface area contributed by atoms with Crippen LogP contribution < -0.4 is 0 Å². The predicted octanol–water partition coefficient (Wildman–Crippen LogP) is 5.17. The van der Waals surface area contributed by atoms with E-state index in [2.05, 4.69) is 15.2 Å². The zero-order valence-corrected chi connectivity index (χ0v) is 14.3. The van der Waals surface area contributed by atoms with Crippen LogP contribution in [0.4, 0.5) is 4.39 Å². The van der Waals surface area contributed by atoms with Crippen molar-refractivity contribution < 1.29 is 8.81 Å². The maximum atomic E-state index is 13.1. The number of hydrogen-bond donors (Lipinski definition) is 0. The standard InChI is InChI=1S/C20H13ClFN3O/c21-17-12-16(22)8-6-13(17)7-9-18-24-25-19(26-18)11-15-4-1-3-14-5-2-10-23-20(14)15/h1-10,12H,11H2. The molecule has 0 fully saturated rings. The van der Waals surface area contributed by atoms with Crippen molar-refractivity contribution >= 4 is 34.7 Å².